The normalized spacial score (nSPS) is 11.0. The molecule has 2 aromatic carbocycles. The molecular formula is C20H18ClNO3. The Balaban J connectivity index is 2.01. The Morgan fingerprint density at radius 1 is 1.16 bits per heavy atom. The van der Waals surface area contributed by atoms with E-state index in [9.17, 15) is 9.90 Å². The molecule has 0 saturated carbocycles. The Morgan fingerprint density at radius 2 is 1.88 bits per heavy atom. The van der Waals surface area contributed by atoms with Crippen molar-refractivity contribution in [2.45, 2.75) is 13.8 Å². The van der Waals surface area contributed by atoms with E-state index in [0.717, 1.165) is 11.3 Å². The molecule has 0 amide bonds. The molecule has 128 valence electrons. The van der Waals surface area contributed by atoms with Crippen LogP contribution < -0.4 is 4.74 Å². The molecule has 0 unspecified atom stereocenters. The van der Waals surface area contributed by atoms with Crippen LogP contribution in [-0.4, -0.2) is 22.7 Å². The lowest BCUT2D eigenvalue weighted by Gasteiger charge is -2.10. The fraction of sp³-hybridized carbons (Fsp3) is 0.200. The number of rotatable bonds is 5. The third kappa shape index (κ3) is 3.91. The fourth-order valence-corrected chi connectivity index (χ4v) is 2.68. The topological polar surface area (TPSA) is 59.4 Å². The van der Waals surface area contributed by atoms with Gasteiger partial charge in [0.15, 0.2) is 0 Å². The molecule has 0 aliphatic carbocycles. The Hall–Kier alpha value is -2.59. The van der Waals surface area contributed by atoms with E-state index in [1.807, 2.05) is 24.3 Å². The number of carboxylic acids is 1. The molecule has 0 bridgehead atoms. The molecule has 1 aromatic heterocycles. The molecule has 0 aliphatic rings. The Morgan fingerprint density at radius 3 is 2.52 bits per heavy atom. The molecular weight excluding hydrogens is 338 g/mol. The summed E-state index contributed by atoms with van der Waals surface area (Å²) in [4.78, 5) is 16.2. The Bertz CT molecular complexity index is 920. The first-order chi connectivity index (χ1) is 11.9. The molecule has 1 N–H and O–H groups in total. The van der Waals surface area contributed by atoms with Crippen LogP contribution >= 0.6 is 11.6 Å². The van der Waals surface area contributed by atoms with E-state index < -0.39 is 5.97 Å². The number of pyridine rings is 1. The second-order valence-electron chi connectivity index (χ2n) is 6.25. The van der Waals surface area contributed by atoms with Gasteiger partial charge in [-0.2, -0.15) is 0 Å². The number of hydrogen-bond donors (Lipinski definition) is 1. The molecule has 0 aliphatic heterocycles. The average Bonchev–Trinajstić information content (AvgIpc) is 2.59. The molecule has 4 nitrogen and oxygen atoms in total. The van der Waals surface area contributed by atoms with E-state index in [1.54, 1.807) is 24.3 Å². The van der Waals surface area contributed by atoms with Crippen molar-refractivity contribution in [3.05, 3.63) is 59.1 Å². The van der Waals surface area contributed by atoms with Crippen LogP contribution in [0.15, 0.2) is 48.5 Å². The van der Waals surface area contributed by atoms with Gasteiger partial charge in [0.05, 0.1) is 23.4 Å². The van der Waals surface area contributed by atoms with Crippen LogP contribution in [0.4, 0.5) is 0 Å². The molecule has 1 heterocycles. The van der Waals surface area contributed by atoms with Gasteiger partial charge in [0.25, 0.3) is 0 Å². The SMILES string of the molecule is CC(C)COc1ccc(-c2cc(C(=O)O)c3cc(Cl)ccc3n2)cc1. The minimum atomic E-state index is -1.01. The summed E-state index contributed by atoms with van der Waals surface area (Å²) in [6, 6.07) is 14.1. The summed E-state index contributed by atoms with van der Waals surface area (Å²) >= 11 is 5.99. The first kappa shape index (κ1) is 17.2. The number of nitrogens with zero attached hydrogens (tertiary/aromatic N) is 1. The Kier molecular flexibility index (Phi) is 4.91. The van der Waals surface area contributed by atoms with E-state index >= 15 is 0 Å². The third-order valence-corrected chi connectivity index (χ3v) is 3.97. The maximum Gasteiger partial charge on any atom is 0.336 e. The number of benzene rings is 2. The highest BCUT2D eigenvalue weighted by Crippen LogP contribution is 2.28. The van der Waals surface area contributed by atoms with E-state index in [0.29, 0.717) is 34.1 Å². The van der Waals surface area contributed by atoms with Crippen LogP contribution in [-0.2, 0) is 0 Å². The van der Waals surface area contributed by atoms with Crippen molar-refractivity contribution < 1.29 is 14.6 Å². The zero-order valence-electron chi connectivity index (χ0n) is 14.0. The largest absolute Gasteiger partial charge is 0.493 e. The number of hydrogen-bond acceptors (Lipinski definition) is 3. The van der Waals surface area contributed by atoms with Gasteiger partial charge >= 0.3 is 5.97 Å². The molecule has 0 radical (unpaired) electrons. The summed E-state index contributed by atoms with van der Waals surface area (Å²) in [7, 11) is 0. The summed E-state index contributed by atoms with van der Waals surface area (Å²) in [5.74, 6) is 0.225. The first-order valence-electron chi connectivity index (χ1n) is 8.01. The number of aromatic nitrogens is 1. The smallest absolute Gasteiger partial charge is 0.336 e. The number of carboxylic acid groups (broad SMARTS) is 1. The number of ether oxygens (including phenoxy) is 1. The zero-order valence-corrected chi connectivity index (χ0v) is 14.7. The summed E-state index contributed by atoms with van der Waals surface area (Å²) in [6.07, 6.45) is 0. The second kappa shape index (κ2) is 7.11. The quantitative estimate of drug-likeness (QED) is 0.675. The van der Waals surface area contributed by atoms with Crippen molar-refractivity contribution >= 4 is 28.5 Å². The van der Waals surface area contributed by atoms with Crippen molar-refractivity contribution in [3.8, 4) is 17.0 Å². The lowest BCUT2D eigenvalue weighted by atomic mass is 10.0. The number of fused-ring (bicyclic) bond motifs is 1. The van der Waals surface area contributed by atoms with E-state index in [2.05, 4.69) is 18.8 Å². The van der Waals surface area contributed by atoms with Gasteiger partial charge in [-0.15, -0.1) is 0 Å². The first-order valence-corrected chi connectivity index (χ1v) is 8.38. The number of aromatic carboxylic acids is 1. The highest BCUT2D eigenvalue weighted by Gasteiger charge is 2.13. The van der Waals surface area contributed by atoms with Crippen LogP contribution in [0.3, 0.4) is 0 Å². The lowest BCUT2D eigenvalue weighted by molar-refractivity contribution is 0.0699. The van der Waals surface area contributed by atoms with Gasteiger partial charge in [0, 0.05) is 16.0 Å². The maximum atomic E-state index is 11.6. The predicted molar refractivity (Wildman–Crippen MR) is 99.5 cm³/mol. The van der Waals surface area contributed by atoms with Crippen molar-refractivity contribution in [1.82, 2.24) is 4.98 Å². The summed E-state index contributed by atoms with van der Waals surface area (Å²) < 4.78 is 5.67. The van der Waals surface area contributed by atoms with Gasteiger partial charge in [0.1, 0.15) is 5.75 Å². The highest BCUT2D eigenvalue weighted by atomic mass is 35.5. The summed E-state index contributed by atoms with van der Waals surface area (Å²) in [6.45, 7) is 4.83. The van der Waals surface area contributed by atoms with E-state index in [4.69, 9.17) is 16.3 Å². The average molecular weight is 356 g/mol. The number of halogens is 1. The molecule has 5 heteroatoms. The van der Waals surface area contributed by atoms with Crippen LogP contribution in [0, 0.1) is 5.92 Å². The van der Waals surface area contributed by atoms with E-state index in [1.165, 1.54) is 0 Å². The highest BCUT2D eigenvalue weighted by molar-refractivity contribution is 6.31. The lowest BCUT2D eigenvalue weighted by Crippen LogP contribution is -2.04. The van der Waals surface area contributed by atoms with Crippen molar-refractivity contribution in [3.63, 3.8) is 0 Å². The van der Waals surface area contributed by atoms with Gasteiger partial charge in [-0.3, -0.25) is 0 Å². The molecule has 0 fully saturated rings. The van der Waals surface area contributed by atoms with Gasteiger partial charge in [-0.25, -0.2) is 9.78 Å². The van der Waals surface area contributed by atoms with Gasteiger partial charge in [0.2, 0.25) is 0 Å². The van der Waals surface area contributed by atoms with Gasteiger partial charge in [-0.05, 0) is 54.4 Å². The molecule has 0 saturated heterocycles. The van der Waals surface area contributed by atoms with Crippen LogP contribution in [0.1, 0.15) is 24.2 Å². The third-order valence-electron chi connectivity index (χ3n) is 3.73. The minimum Gasteiger partial charge on any atom is -0.493 e. The van der Waals surface area contributed by atoms with Gasteiger partial charge in [-0.1, -0.05) is 25.4 Å². The molecule has 0 atom stereocenters. The van der Waals surface area contributed by atoms with Crippen molar-refractivity contribution in [2.24, 2.45) is 5.92 Å². The molecule has 0 spiro atoms. The van der Waals surface area contributed by atoms with E-state index in [-0.39, 0.29) is 5.56 Å². The Labute approximate surface area is 151 Å². The fourth-order valence-electron chi connectivity index (χ4n) is 2.51. The molecule has 3 rings (SSSR count). The van der Waals surface area contributed by atoms with Crippen molar-refractivity contribution in [1.29, 1.82) is 0 Å². The van der Waals surface area contributed by atoms with Crippen LogP contribution in [0.25, 0.3) is 22.2 Å². The summed E-state index contributed by atoms with van der Waals surface area (Å²) in [5, 5.41) is 10.5. The van der Waals surface area contributed by atoms with Crippen molar-refractivity contribution in [2.75, 3.05) is 6.61 Å². The monoisotopic (exact) mass is 355 g/mol. The second-order valence-corrected chi connectivity index (χ2v) is 6.69. The van der Waals surface area contributed by atoms with Crippen LogP contribution in [0.5, 0.6) is 5.75 Å². The molecule has 3 aromatic rings. The minimum absolute atomic E-state index is 0.183. The number of carbonyl (C=O) groups is 1. The standard InChI is InChI=1S/C20H18ClNO3/c1-12(2)11-25-15-6-3-13(4-7-15)19-10-17(20(23)24)16-9-14(21)5-8-18(16)22-19/h3-10,12H,11H2,1-2H3,(H,23,24). The predicted octanol–water partition coefficient (Wildman–Crippen LogP) is 5.29. The molecule has 25 heavy (non-hydrogen) atoms. The van der Waals surface area contributed by atoms with Crippen LogP contribution in [0.2, 0.25) is 5.02 Å². The van der Waals surface area contributed by atoms with Gasteiger partial charge < -0.3 is 9.84 Å². The maximum absolute atomic E-state index is 11.6. The zero-order chi connectivity index (χ0) is 18.0. The summed E-state index contributed by atoms with van der Waals surface area (Å²) in [5.41, 5.74) is 2.21.